The van der Waals surface area contributed by atoms with E-state index in [4.69, 9.17) is 9.16 Å². The normalized spacial score (nSPS) is 21.3. The minimum atomic E-state index is -1.78. The maximum Gasteiger partial charge on any atom is 0.410 e. The lowest BCUT2D eigenvalue weighted by molar-refractivity contribution is 0.00590. The fourth-order valence-electron chi connectivity index (χ4n) is 2.12. The highest BCUT2D eigenvalue weighted by Crippen LogP contribution is 2.38. The van der Waals surface area contributed by atoms with Crippen molar-refractivity contribution in [2.24, 2.45) is 0 Å². The van der Waals surface area contributed by atoms with Crippen LogP contribution >= 0.6 is 0 Å². The number of hydrogen-bond acceptors (Lipinski definition) is 3. The van der Waals surface area contributed by atoms with E-state index in [1.54, 1.807) is 4.90 Å². The molecule has 1 atom stereocenters. The molecule has 1 saturated heterocycles. The number of piperidine rings is 1. The predicted molar refractivity (Wildman–Crippen MR) is 89.1 cm³/mol. The van der Waals surface area contributed by atoms with Crippen LogP contribution in [0.15, 0.2) is 0 Å². The van der Waals surface area contributed by atoms with Crippen LogP contribution in [0.4, 0.5) is 4.79 Å². The summed E-state index contributed by atoms with van der Waals surface area (Å²) in [4.78, 5) is 14.0. The number of rotatable bonds is 2. The molecule has 1 aliphatic rings. The average Bonchev–Trinajstić information content (AvgIpc) is 2.24. The monoisotopic (exact) mass is 315 g/mol. The first-order valence-electron chi connectivity index (χ1n) is 7.97. The molecular weight excluding hydrogens is 282 g/mol. The maximum atomic E-state index is 12.2. The molecule has 0 saturated carbocycles. The third-order valence-electron chi connectivity index (χ3n) is 4.30. The highest BCUT2D eigenvalue weighted by atomic mass is 28.4. The summed E-state index contributed by atoms with van der Waals surface area (Å²) in [7, 11) is -1.78. The largest absolute Gasteiger partial charge is 0.444 e. The van der Waals surface area contributed by atoms with Crippen molar-refractivity contribution in [1.82, 2.24) is 4.90 Å². The van der Waals surface area contributed by atoms with E-state index >= 15 is 0 Å². The zero-order valence-electron chi connectivity index (χ0n) is 15.1. The molecule has 1 fully saturated rings. The van der Waals surface area contributed by atoms with Gasteiger partial charge in [-0.15, -0.1) is 0 Å². The van der Waals surface area contributed by atoms with Gasteiger partial charge in [0.25, 0.3) is 0 Å². The minimum absolute atomic E-state index is 0.146. The van der Waals surface area contributed by atoms with E-state index in [1.165, 1.54) is 0 Å². The number of carbonyl (C=O) groups excluding carboxylic acids is 1. The summed E-state index contributed by atoms with van der Waals surface area (Å²) >= 11 is 0. The number of carbonyl (C=O) groups is 1. The van der Waals surface area contributed by atoms with Gasteiger partial charge in [0, 0.05) is 13.1 Å². The number of likely N-dealkylation sites (tertiary alicyclic amines) is 1. The third-order valence-corrected chi connectivity index (χ3v) is 8.83. The van der Waals surface area contributed by atoms with Crippen molar-refractivity contribution in [2.45, 2.75) is 84.2 Å². The van der Waals surface area contributed by atoms with Crippen molar-refractivity contribution in [2.75, 3.05) is 13.1 Å². The van der Waals surface area contributed by atoms with E-state index in [0.717, 1.165) is 19.4 Å². The van der Waals surface area contributed by atoms with Crippen LogP contribution in [0, 0.1) is 0 Å². The Morgan fingerprint density at radius 3 is 2.19 bits per heavy atom. The molecule has 0 N–H and O–H groups in total. The van der Waals surface area contributed by atoms with Crippen molar-refractivity contribution >= 4 is 14.4 Å². The Kier molecular flexibility index (Phi) is 5.54. The zero-order chi connectivity index (χ0) is 16.5. The number of amides is 1. The van der Waals surface area contributed by atoms with Crippen molar-refractivity contribution in [1.29, 1.82) is 0 Å². The van der Waals surface area contributed by atoms with Crippen LogP contribution in [0.25, 0.3) is 0 Å². The van der Waals surface area contributed by atoms with E-state index in [2.05, 4.69) is 33.9 Å². The molecule has 0 aromatic heterocycles. The van der Waals surface area contributed by atoms with Gasteiger partial charge in [0.2, 0.25) is 0 Å². The summed E-state index contributed by atoms with van der Waals surface area (Å²) in [5.74, 6) is 0. The molecule has 1 heterocycles. The van der Waals surface area contributed by atoms with Crippen molar-refractivity contribution in [3.05, 3.63) is 0 Å². The van der Waals surface area contributed by atoms with Crippen LogP contribution in [-0.4, -0.2) is 44.1 Å². The molecule has 0 bridgehead atoms. The van der Waals surface area contributed by atoms with E-state index in [0.29, 0.717) is 6.54 Å². The van der Waals surface area contributed by atoms with Crippen LogP contribution in [0.5, 0.6) is 0 Å². The van der Waals surface area contributed by atoms with Gasteiger partial charge in [-0.05, 0) is 51.7 Å². The van der Waals surface area contributed by atoms with Gasteiger partial charge in [0.15, 0.2) is 8.32 Å². The fourth-order valence-corrected chi connectivity index (χ4v) is 3.50. The second-order valence-corrected chi connectivity index (χ2v) is 13.3. The van der Waals surface area contributed by atoms with Crippen LogP contribution < -0.4 is 0 Å². The van der Waals surface area contributed by atoms with Crippen molar-refractivity contribution < 1.29 is 14.0 Å². The number of ether oxygens (including phenoxy) is 1. The van der Waals surface area contributed by atoms with Crippen LogP contribution in [0.2, 0.25) is 18.1 Å². The molecule has 0 aliphatic carbocycles. The lowest BCUT2D eigenvalue weighted by Gasteiger charge is -2.42. The zero-order valence-corrected chi connectivity index (χ0v) is 16.1. The molecule has 1 unspecified atom stereocenters. The highest BCUT2D eigenvalue weighted by Gasteiger charge is 2.40. The van der Waals surface area contributed by atoms with Crippen molar-refractivity contribution in [3.8, 4) is 0 Å². The molecule has 0 radical (unpaired) electrons. The lowest BCUT2D eigenvalue weighted by Crippen LogP contribution is -2.51. The fraction of sp³-hybridized carbons (Fsp3) is 0.938. The molecule has 21 heavy (non-hydrogen) atoms. The van der Waals surface area contributed by atoms with Crippen LogP contribution in [-0.2, 0) is 9.16 Å². The summed E-state index contributed by atoms with van der Waals surface area (Å²) in [6.45, 7) is 18.4. The lowest BCUT2D eigenvalue weighted by atomic mass is 10.1. The Balaban J connectivity index is 2.63. The molecule has 0 aromatic carbocycles. The van der Waals surface area contributed by atoms with E-state index in [9.17, 15) is 4.79 Å². The Bertz CT molecular complexity index is 369. The second-order valence-electron chi connectivity index (χ2n) is 8.57. The van der Waals surface area contributed by atoms with E-state index in [-0.39, 0.29) is 17.2 Å². The predicted octanol–water partition coefficient (Wildman–Crippen LogP) is 4.41. The Morgan fingerprint density at radius 2 is 1.71 bits per heavy atom. The number of hydrogen-bond donors (Lipinski definition) is 0. The minimum Gasteiger partial charge on any atom is -0.444 e. The van der Waals surface area contributed by atoms with Gasteiger partial charge in [-0.2, -0.15) is 0 Å². The highest BCUT2D eigenvalue weighted by molar-refractivity contribution is 6.74. The quantitative estimate of drug-likeness (QED) is 0.709. The average molecular weight is 316 g/mol. The van der Waals surface area contributed by atoms with E-state index in [1.807, 2.05) is 20.8 Å². The summed E-state index contributed by atoms with van der Waals surface area (Å²) in [5, 5.41) is 0.196. The smallest absolute Gasteiger partial charge is 0.410 e. The summed E-state index contributed by atoms with van der Waals surface area (Å²) in [6.07, 6.45) is 1.95. The Morgan fingerprint density at radius 1 is 1.14 bits per heavy atom. The first-order chi connectivity index (χ1) is 9.32. The van der Waals surface area contributed by atoms with Gasteiger partial charge in [-0.1, -0.05) is 20.8 Å². The molecule has 5 heteroatoms. The SMILES string of the molecule is CC(C)(C)OC(=O)N1CCCC(O[Si](C)(C)C(C)(C)C)C1. The summed E-state index contributed by atoms with van der Waals surface area (Å²) in [6, 6.07) is 0. The van der Waals surface area contributed by atoms with Gasteiger partial charge < -0.3 is 14.1 Å². The molecular formula is C16H33NO3Si. The van der Waals surface area contributed by atoms with Gasteiger partial charge in [-0.25, -0.2) is 4.79 Å². The summed E-state index contributed by atoms with van der Waals surface area (Å²) in [5.41, 5.74) is -0.440. The Labute approximate surface area is 131 Å². The van der Waals surface area contributed by atoms with Gasteiger partial charge in [0.05, 0.1) is 6.10 Å². The molecule has 4 nitrogen and oxygen atoms in total. The molecule has 1 rings (SSSR count). The van der Waals surface area contributed by atoms with Gasteiger partial charge >= 0.3 is 6.09 Å². The maximum absolute atomic E-state index is 12.2. The first-order valence-corrected chi connectivity index (χ1v) is 10.9. The van der Waals surface area contributed by atoms with Gasteiger partial charge in [-0.3, -0.25) is 0 Å². The molecule has 1 aliphatic heterocycles. The third kappa shape index (κ3) is 5.62. The van der Waals surface area contributed by atoms with E-state index < -0.39 is 13.9 Å². The summed E-state index contributed by atoms with van der Waals surface area (Å²) < 4.78 is 11.9. The van der Waals surface area contributed by atoms with Crippen LogP contribution in [0.1, 0.15) is 54.4 Å². The molecule has 0 spiro atoms. The Hall–Kier alpha value is -0.553. The topological polar surface area (TPSA) is 38.8 Å². The van der Waals surface area contributed by atoms with Crippen molar-refractivity contribution in [3.63, 3.8) is 0 Å². The first kappa shape index (κ1) is 18.5. The van der Waals surface area contributed by atoms with Crippen LogP contribution in [0.3, 0.4) is 0 Å². The van der Waals surface area contributed by atoms with Gasteiger partial charge in [0.1, 0.15) is 5.60 Å². The molecule has 1 amide bonds. The molecule has 0 aromatic rings. The second kappa shape index (κ2) is 6.29. The number of nitrogens with zero attached hydrogens (tertiary/aromatic N) is 1. The standard InChI is InChI=1S/C16H33NO3Si/c1-15(2,3)19-14(18)17-11-9-10-13(12-17)20-21(7,8)16(4,5)6/h13H,9-12H2,1-8H3. The molecule has 124 valence electrons.